The van der Waals surface area contributed by atoms with Gasteiger partial charge in [-0.25, -0.2) is 9.78 Å². The monoisotopic (exact) mass is 431 g/mol. The summed E-state index contributed by atoms with van der Waals surface area (Å²) in [6, 6.07) is 3.89. The van der Waals surface area contributed by atoms with Crippen LogP contribution in [-0.2, 0) is 16.1 Å². The first-order valence-corrected chi connectivity index (χ1v) is 9.08. The molecule has 0 unspecified atom stereocenters. The van der Waals surface area contributed by atoms with E-state index in [1.165, 1.54) is 12.7 Å². The summed E-state index contributed by atoms with van der Waals surface area (Å²) >= 11 is 0. The average molecular weight is 431 g/mol. The lowest BCUT2D eigenvalue weighted by Crippen LogP contribution is -2.33. The molecule has 164 valence electrons. The highest BCUT2D eigenvalue weighted by atomic mass is 19.4. The summed E-state index contributed by atoms with van der Waals surface area (Å²) in [6.45, 7) is 4.53. The van der Waals surface area contributed by atoms with Crippen LogP contribution in [-0.4, -0.2) is 76.8 Å². The van der Waals surface area contributed by atoms with Gasteiger partial charge < -0.3 is 23.6 Å². The van der Waals surface area contributed by atoms with Gasteiger partial charge in [-0.1, -0.05) is 0 Å². The molecule has 2 aliphatic heterocycles. The van der Waals surface area contributed by atoms with Crippen LogP contribution in [0, 0.1) is 5.92 Å². The van der Waals surface area contributed by atoms with E-state index in [9.17, 15) is 18.0 Å². The van der Waals surface area contributed by atoms with E-state index in [0.717, 1.165) is 25.4 Å². The van der Waals surface area contributed by atoms with Crippen LogP contribution in [0.4, 0.5) is 13.2 Å². The van der Waals surface area contributed by atoms with Gasteiger partial charge in [-0.15, -0.1) is 0 Å². The first-order chi connectivity index (χ1) is 14.2. The summed E-state index contributed by atoms with van der Waals surface area (Å²) in [7, 11) is 0. The fourth-order valence-corrected chi connectivity index (χ4v) is 3.37. The van der Waals surface area contributed by atoms with Gasteiger partial charge in [0.1, 0.15) is 12.0 Å². The Balaban J connectivity index is 0.000000318. The van der Waals surface area contributed by atoms with Crippen molar-refractivity contribution < 1.29 is 41.4 Å². The molecule has 2 atom stereocenters. The van der Waals surface area contributed by atoms with Crippen LogP contribution in [0.25, 0.3) is 0 Å². The van der Waals surface area contributed by atoms with Gasteiger partial charge in [0.15, 0.2) is 12.1 Å². The third kappa shape index (κ3) is 5.60. The molecule has 2 aromatic rings. The number of amides is 1. The number of nitrogens with zero attached hydrogens (tertiary/aromatic N) is 3. The number of carboxylic acids is 1. The normalized spacial score (nSPS) is 22.0. The van der Waals surface area contributed by atoms with E-state index in [2.05, 4.69) is 9.88 Å². The Labute approximate surface area is 169 Å². The van der Waals surface area contributed by atoms with Gasteiger partial charge in [0.05, 0.1) is 25.5 Å². The van der Waals surface area contributed by atoms with Crippen LogP contribution in [0.1, 0.15) is 16.2 Å². The molecule has 9 nitrogen and oxygen atoms in total. The molecule has 12 heteroatoms. The summed E-state index contributed by atoms with van der Waals surface area (Å²) in [4.78, 5) is 29.4. The number of aliphatic carboxylic acids is 1. The predicted molar refractivity (Wildman–Crippen MR) is 93.3 cm³/mol. The molecule has 2 aliphatic rings. The molecule has 4 heterocycles. The van der Waals surface area contributed by atoms with Crippen molar-refractivity contribution in [2.45, 2.75) is 18.8 Å². The maximum atomic E-state index is 12.4. The second-order valence-electron chi connectivity index (χ2n) is 6.87. The first kappa shape index (κ1) is 21.8. The fraction of sp³-hybridized carbons (Fsp3) is 0.500. The van der Waals surface area contributed by atoms with Gasteiger partial charge in [-0.2, -0.15) is 13.2 Å². The van der Waals surface area contributed by atoms with Gasteiger partial charge in [0, 0.05) is 32.1 Å². The molecule has 2 aromatic heterocycles. The van der Waals surface area contributed by atoms with Gasteiger partial charge in [0.25, 0.3) is 5.91 Å². The van der Waals surface area contributed by atoms with Crippen molar-refractivity contribution in [1.29, 1.82) is 0 Å². The van der Waals surface area contributed by atoms with E-state index in [-0.39, 0.29) is 12.0 Å². The summed E-state index contributed by atoms with van der Waals surface area (Å²) in [6.07, 6.45) is -0.628. The number of hydrogen-bond donors (Lipinski definition) is 1. The topological polar surface area (TPSA) is 109 Å². The standard InChI is InChI=1S/C16H19N3O4.C2HF3O2/c20-16(14-10-21-11-17-14)19-7-12-6-18(3-5-23-15(12)9-19)8-13-2-1-4-22-13;3-2(4,5)1(6)7/h1-2,4,10-12,15H,3,5-9H2;(H,6,7)/t12-,15+;/m0./s1. The molecule has 0 bridgehead atoms. The third-order valence-corrected chi connectivity index (χ3v) is 4.75. The summed E-state index contributed by atoms with van der Waals surface area (Å²) < 4.78 is 48.0. The minimum Gasteiger partial charge on any atom is -0.475 e. The SMILES string of the molecule is O=C(O)C(F)(F)F.O=C(c1cocn1)N1C[C@@H]2CN(Cc3ccco3)CCO[C@@H]2C1. The number of halogens is 3. The number of likely N-dealkylation sites (tertiary alicyclic amines) is 1. The quantitative estimate of drug-likeness (QED) is 0.785. The van der Waals surface area contributed by atoms with Crippen molar-refractivity contribution in [2.24, 2.45) is 5.92 Å². The molecule has 1 N–H and O–H groups in total. The number of carbonyl (C=O) groups is 2. The van der Waals surface area contributed by atoms with Crippen molar-refractivity contribution >= 4 is 11.9 Å². The Morgan fingerprint density at radius 2 is 2.03 bits per heavy atom. The van der Waals surface area contributed by atoms with Crippen LogP contribution >= 0.6 is 0 Å². The molecule has 0 aliphatic carbocycles. The Hall–Kier alpha value is -2.86. The van der Waals surface area contributed by atoms with E-state index >= 15 is 0 Å². The molecular formula is C18H20F3N3O6. The smallest absolute Gasteiger partial charge is 0.475 e. The van der Waals surface area contributed by atoms with E-state index < -0.39 is 12.1 Å². The Morgan fingerprint density at radius 3 is 2.63 bits per heavy atom. The highest BCUT2D eigenvalue weighted by Crippen LogP contribution is 2.25. The number of fused-ring (bicyclic) bond motifs is 1. The van der Waals surface area contributed by atoms with E-state index in [1.54, 1.807) is 6.26 Å². The number of carbonyl (C=O) groups excluding carboxylic acids is 1. The lowest BCUT2D eigenvalue weighted by Gasteiger charge is -2.22. The number of carboxylic acid groups (broad SMARTS) is 1. The summed E-state index contributed by atoms with van der Waals surface area (Å²) in [5, 5.41) is 7.12. The van der Waals surface area contributed by atoms with E-state index in [4.69, 9.17) is 23.5 Å². The summed E-state index contributed by atoms with van der Waals surface area (Å²) in [5.74, 6) is -1.58. The van der Waals surface area contributed by atoms with Gasteiger partial charge in [0.2, 0.25) is 0 Å². The molecule has 0 saturated carbocycles. The predicted octanol–water partition coefficient (Wildman–Crippen LogP) is 1.87. The highest BCUT2D eigenvalue weighted by molar-refractivity contribution is 5.92. The van der Waals surface area contributed by atoms with Crippen LogP contribution in [0.3, 0.4) is 0 Å². The van der Waals surface area contributed by atoms with Crippen LogP contribution in [0.2, 0.25) is 0 Å². The Kier molecular flexibility index (Phi) is 6.77. The number of oxazole rings is 1. The van der Waals surface area contributed by atoms with Crippen LogP contribution in [0.5, 0.6) is 0 Å². The second kappa shape index (κ2) is 9.30. The van der Waals surface area contributed by atoms with Crippen molar-refractivity contribution in [3.05, 3.63) is 42.5 Å². The van der Waals surface area contributed by atoms with Gasteiger partial charge in [-0.3, -0.25) is 9.69 Å². The van der Waals surface area contributed by atoms with Crippen molar-refractivity contribution in [3.8, 4) is 0 Å². The maximum Gasteiger partial charge on any atom is 0.490 e. The van der Waals surface area contributed by atoms with Crippen molar-refractivity contribution in [1.82, 2.24) is 14.8 Å². The third-order valence-electron chi connectivity index (χ3n) is 4.75. The molecular weight excluding hydrogens is 411 g/mol. The minimum absolute atomic E-state index is 0.0898. The fourth-order valence-electron chi connectivity index (χ4n) is 3.37. The zero-order chi connectivity index (χ0) is 21.7. The molecule has 0 spiro atoms. The number of aromatic nitrogens is 1. The molecule has 0 aromatic carbocycles. The highest BCUT2D eigenvalue weighted by Gasteiger charge is 2.39. The van der Waals surface area contributed by atoms with E-state index in [1.807, 2.05) is 17.0 Å². The zero-order valence-corrected chi connectivity index (χ0v) is 15.7. The number of furan rings is 1. The molecule has 2 fully saturated rings. The molecule has 30 heavy (non-hydrogen) atoms. The number of alkyl halides is 3. The lowest BCUT2D eigenvalue weighted by molar-refractivity contribution is -0.192. The molecule has 2 saturated heterocycles. The second-order valence-corrected chi connectivity index (χ2v) is 6.87. The lowest BCUT2D eigenvalue weighted by atomic mass is 10.1. The van der Waals surface area contributed by atoms with Gasteiger partial charge >= 0.3 is 12.1 Å². The van der Waals surface area contributed by atoms with Crippen molar-refractivity contribution in [2.75, 3.05) is 32.8 Å². The molecule has 4 rings (SSSR count). The van der Waals surface area contributed by atoms with E-state index in [0.29, 0.717) is 31.3 Å². The largest absolute Gasteiger partial charge is 0.490 e. The number of ether oxygens (including phenoxy) is 1. The Bertz CT molecular complexity index is 825. The Morgan fingerprint density at radius 1 is 1.27 bits per heavy atom. The molecule has 0 radical (unpaired) electrons. The minimum atomic E-state index is -5.08. The number of rotatable bonds is 3. The number of hydrogen-bond acceptors (Lipinski definition) is 7. The van der Waals surface area contributed by atoms with Crippen molar-refractivity contribution in [3.63, 3.8) is 0 Å². The summed E-state index contributed by atoms with van der Waals surface area (Å²) in [5.41, 5.74) is 0.355. The van der Waals surface area contributed by atoms with Crippen LogP contribution in [0.15, 0.2) is 39.9 Å². The molecule has 1 amide bonds. The van der Waals surface area contributed by atoms with Crippen LogP contribution < -0.4 is 0 Å². The zero-order valence-electron chi connectivity index (χ0n) is 15.7. The average Bonchev–Trinajstić information content (AvgIpc) is 3.42. The maximum absolute atomic E-state index is 12.4. The first-order valence-electron chi connectivity index (χ1n) is 9.08. The van der Waals surface area contributed by atoms with Gasteiger partial charge in [-0.05, 0) is 12.1 Å².